The first-order valence-corrected chi connectivity index (χ1v) is 6.97. The lowest BCUT2D eigenvalue weighted by Gasteiger charge is -2.07. The van der Waals surface area contributed by atoms with E-state index in [4.69, 9.17) is 0 Å². The summed E-state index contributed by atoms with van der Waals surface area (Å²) < 4.78 is 1.84. The van der Waals surface area contributed by atoms with Gasteiger partial charge < -0.3 is 5.32 Å². The van der Waals surface area contributed by atoms with Crippen molar-refractivity contribution in [3.05, 3.63) is 62.5 Å². The molecule has 0 spiro atoms. The van der Waals surface area contributed by atoms with Crippen LogP contribution >= 0.6 is 31.9 Å². The van der Waals surface area contributed by atoms with Gasteiger partial charge in [0.1, 0.15) is 0 Å². The lowest BCUT2D eigenvalue weighted by atomic mass is 10.1. The van der Waals surface area contributed by atoms with Crippen LogP contribution in [0.15, 0.2) is 51.4 Å². The summed E-state index contributed by atoms with van der Waals surface area (Å²) in [6, 6.07) is 13.1. The number of carbonyl (C=O) groups is 1. The van der Waals surface area contributed by atoms with Gasteiger partial charge in [-0.25, -0.2) is 0 Å². The highest BCUT2D eigenvalue weighted by molar-refractivity contribution is 9.10. The van der Waals surface area contributed by atoms with E-state index in [-0.39, 0.29) is 5.91 Å². The number of carbonyl (C=O) groups excluding carboxylic acids is 1. The van der Waals surface area contributed by atoms with Gasteiger partial charge in [0.15, 0.2) is 0 Å². The maximum atomic E-state index is 12.1. The minimum atomic E-state index is -0.113. The van der Waals surface area contributed by atoms with Crippen LogP contribution in [0.4, 0.5) is 5.69 Å². The van der Waals surface area contributed by atoms with Crippen molar-refractivity contribution in [2.75, 3.05) is 5.32 Å². The van der Waals surface area contributed by atoms with Crippen LogP contribution in [0, 0.1) is 6.92 Å². The molecule has 2 aromatic carbocycles. The summed E-state index contributed by atoms with van der Waals surface area (Å²) in [5.41, 5.74) is 2.46. The highest BCUT2D eigenvalue weighted by atomic mass is 79.9. The Morgan fingerprint density at radius 3 is 2.50 bits per heavy atom. The fourth-order valence-electron chi connectivity index (χ4n) is 1.64. The molecule has 92 valence electrons. The Labute approximate surface area is 123 Å². The van der Waals surface area contributed by atoms with E-state index in [2.05, 4.69) is 37.2 Å². The van der Waals surface area contributed by atoms with E-state index in [1.54, 1.807) is 6.07 Å². The van der Waals surface area contributed by atoms with E-state index >= 15 is 0 Å². The molecule has 0 atom stereocenters. The fraction of sp³-hybridized carbons (Fsp3) is 0.0714. The number of benzene rings is 2. The molecule has 0 aliphatic heterocycles. The molecule has 4 heteroatoms. The SMILES string of the molecule is Cc1cc(Br)cc(C(=O)Nc2cccc(Br)c2)c1. The average molecular weight is 369 g/mol. The zero-order valence-electron chi connectivity index (χ0n) is 9.71. The summed E-state index contributed by atoms with van der Waals surface area (Å²) >= 11 is 6.76. The summed E-state index contributed by atoms with van der Waals surface area (Å²) in [5.74, 6) is -0.113. The third-order valence-electron chi connectivity index (χ3n) is 2.39. The molecule has 0 heterocycles. The number of halogens is 2. The molecule has 0 saturated heterocycles. The molecule has 2 nitrogen and oxygen atoms in total. The number of rotatable bonds is 2. The second kappa shape index (κ2) is 5.67. The quantitative estimate of drug-likeness (QED) is 0.812. The monoisotopic (exact) mass is 367 g/mol. The number of anilines is 1. The summed E-state index contributed by atoms with van der Waals surface area (Å²) in [4.78, 5) is 12.1. The Balaban J connectivity index is 2.22. The first-order valence-electron chi connectivity index (χ1n) is 5.39. The predicted octanol–water partition coefficient (Wildman–Crippen LogP) is 4.77. The molecular formula is C14H11Br2NO. The van der Waals surface area contributed by atoms with Crippen LogP contribution < -0.4 is 5.32 Å². The van der Waals surface area contributed by atoms with Gasteiger partial charge >= 0.3 is 0 Å². The minimum absolute atomic E-state index is 0.113. The number of nitrogens with one attached hydrogen (secondary N) is 1. The van der Waals surface area contributed by atoms with Gasteiger partial charge in [-0.1, -0.05) is 37.9 Å². The topological polar surface area (TPSA) is 29.1 Å². The van der Waals surface area contributed by atoms with Crippen molar-refractivity contribution >= 4 is 43.5 Å². The molecule has 2 rings (SSSR count). The minimum Gasteiger partial charge on any atom is -0.322 e. The average Bonchev–Trinajstić information content (AvgIpc) is 2.27. The highest BCUT2D eigenvalue weighted by Gasteiger charge is 2.07. The van der Waals surface area contributed by atoms with Crippen LogP contribution in [0.2, 0.25) is 0 Å². The summed E-state index contributed by atoms with van der Waals surface area (Å²) in [5, 5.41) is 2.86. The smallest absolute Gasteiger partial charge is 0.255 e. The van der Waals surface area contributed by atoms with Crippen molar-refractivity contribution in [2.45, 2.75) is 6.92 Å². The second-order valence-corrected chi connectivity index (χ2v) is 5.81. The van der Waals surface area contributed by atoms with Crippen molar-refractivity contribution < 1.29 is 4.79 Å². The van der Waals surface area contributed by atoms with Gasteiger partial charge in [0.25, 0.3) is 5.91 Å². The third-order valence-corrected chi connectivity index (χ3v) is 3.34. The van der Waals surface area contributed by atoms with Gasteiger partial charge in [-0.15, -0.1) is 0 Å². The van der Waals surface area contributed by atoms with Crippen LogP contribution in [-0.2, 0) is 0 Å². The van der Waals surface area contributed by atoms with Gasteiger partial charge in [-0.2, -0.15) is 0 Å². The molecule has 0 aliphatic rings. The molecule has 1 amide bonds. The second-order valence-electron chi connectivity index (χ2n) is 3.98. The molecule has 1 N–H and O–H groups in total. The van der Waals surface area contributed by atoms with Crippen molar-refractivity contribution in [2.24, 2.45) is 0 Å². The molecule has 2 aromatic rings. The number of hydrogen-bond acceptors (Lipinski definition) is 1. The number of hydrogen-bond donors (Lipinski definition) is 1. The van der Waals surface area contributed by atoms with Crippen LogP contribution in [0.5, 0.6) is 0 Å². The zero-order chi connectivity index (χ0) is 13.1. The highest BCUT2D eigenvalue weighted by Crippen LogP contribution is 2.19. The molecule has 0 radical (unpaired) electrons. The van der Waals surface area contributed by atoms with Crippen LogP contribution in [0.3, 0.4) is 0 Å². The largest absolute Gasteiger partial charge is 0.322 e. The summed E-state index contributed by atoms with van der Waals surface area (Å²) in [7, 11) is 0. The first-order chi connectivity index (χ1) is 8.54. The third kappa shape index (κ3) is 3.43. The Bertz CT molecular complexity index is 576. The van der Waals surface area contributed by atoms with E-state index in [9.17, 15) is 4.79 Å². The van der Waals surface area contributed by atoms with Crippen molar-refractivity contribution in [1.82, 2.24) is 0 Å². The zero-order valence-corrected chi connectivity index (χ0v) is 12.9. The Morgan fingerprint density at radius 2 is 1.83 bits per heavy atom. The molecular weight excluding hydrogens is 358 g/mol. The van der Waals surface area contributed by atoms with Gasteiger partial charge in [-0.05, 0) is 48.9 Å². The number of amides is 1. The molecule has 0 aliphatic carbocycles. The van der Waals surface area contributed by atoms with E-state index < -0.39 is 0 Å². The van der Waals surface area contributed by atoms with Gasteiger partial charge in [0, 0.05) is 20.2 Å². The molecule has 0 fully saturated rings. The number of aryl methyl sites for hydroxylation is 1. The Hall–Kier alpha value is -1.13. The standard InChI is InChI=1S/C14H11Br2NO/c1-9-5-10(7-12(16)6-9)14(18)17-13-4-2-3-11(15)8-13/h2-8H,1H3,(H,17,18). The first kappa shape index (κ1) is 13.3. The lowest BCUT2D eigenvalue weighted by molar-refractivity contribution is 0.102. The molecule has 18 heavy (non-hydrogen) atoms. The molecule has 0 aromatic heterocycles. The van der Waals surface area contributed by atoms with Crippen LogP contribution in [0.1, 0.15) is 15.9 Å². The van der Waals surface area contributed by atoms with Crippen molar-refractivity contribution in [3.63, 3.8) is 0 Å². The predicted molar refractivity (Wildman–Crippen MR) is 81.0 cm³/mol. The normalized spacial score (nSPS) is 10.2. The van der Waals surface area contributed by atoms with Crippen LogP contribution in [-0.4, -0.2) is 5.91 Å². The molecule has 0 unspecified atom stereocenters. The van der Waals surface area contributed by atoms with E-state index in [1.165, 1.54) is 0 Å². The van der Waals surface area contributed by atoms with Gasteiger partial charge in [-0.3, -0.25) is 4.79 Å². The Morgan fingerprint density at radius 1 is 1.06 bits per heavy atom. The van der Waals surface area contributed by atoms with Crippen LogP contribution in [0.25, 0.3) is 0 Å². The van der Waals surface area contributed by atoms with E-state index in [1.807, 2.05) is 43.3 Å². The molecule has 0 saturated carbocycles. The Kier molecular flexibility index (Phi) is 4.19. The van der Waals surface area contributed by atoms with Crippen molar-refractivity contribution in [1.29, 1.82) is 0 Å². The fourth-order valence-corrected chi connectivity index (χ4v) is 2.64. The summed E-state index contributed by atoms with van der Waals surface area (Å²) in [6.07, 6.45) is 0. The van der Waals surface area contributed by atoms with Crippen molar-refractivity contribution in [3.8, 4) is 0 Å². The van der Waals surface area contributed by atoms with E-state index in [0.29, 0.717) is 5.56 Å². The van der Waals surface area contributed by atoms with Gasteiger partial charge in [0.2, 0.25) is 0 Å². The maximum absolute atomic E-state index is 12.1. The molecule has 0 bridgehead atoms. The maximum Gasteiger partial charge on any atom is 0.255 e. The van der Waals surface area contributed by atoms with E-state index in [0.717, 1.165) is 20.2 Å². The lowest BCUT2D eigenvalue weighted by Crippen LogP contribution is -2.12. The van der Waals surface area contributed by atoms with Gasteiger partial charge in [0.05, 0.1) is 0 Å². The summed E-state index contributed by atoms with van der Waals surface area (Å²) in [6.45, 7) is 1.96.